The molecule has 1 aliphatic rings. The summed E-state index contributed by atoms with van der Waals surface area (Å²) >= 11 is 11.1. The number of H-pyrrole nitrogens is 1. The summed E-state index contributed by atoms with van der Waals surface area (Å²) < 4.78 is 10.6. The highest BCUT2D eigenvalue weighted by Crippen LogP contribution is 2.34. The van der Waals surface area contributed by atoms with Crippen LogP contribution in [0.1, 0.15) is 38.1 Å². The maximum Gasteiger partial charge on any atom is 0.411 e. The van der Waals surface area contributed by atoms with E-state index in [0.717, 1.165) is 35.4 Å². The minimum atomic E-state index is -0.805. The molecule has 0 aliphatic carbocycles. The van der Waals surface area contributed by atoms with E-state index in [1.54, 1.807) is 32.1 Å². The van der Waals surface area contributed by atoms with Gasteiger partial charge in [-0.15, -0.1) is 12.6 Å². The van der Waals surface area contributed by atoms with Crippen LogP contribution in [0.15, 0.2) is 42.9 Å². The van der Waals surface area contributed by atoms with Crippen molar-refractivity contribution >= 4 is 53.1 Å². The minimum absolute atomic E-state index is 0.126. The first-order valence-electron chi connectivity index (χ1n) is 13.3. The summed E-state index contributed by atoms with van der Waals surface area (Å²) in [5.41, 5.74) is 4.75. The Bertz CT molecular complexity index is 1530. The smallest absolute Gasteiger partial charge is 0.411 e. The van der Waals surface area contributed by atoms with Gasteiger partial charge in [0.05, 0.1) is 34.1 Å². The van der Waals surface area contributed by atoms with Crippen LogP contribution in [0.25, 0.3) is 22.3 Å². The van der Waals surface area contributed by atoms with E-state index in [-0.39, 0.29) is 12.1 Å². The summed E-state index contributed by atoms with van der Waals surface area (Å²) in [4.78, 5) is 36.7. The van der Waals surface area contributed by atoms with Crippen molar-refractivity contribution in [1.82, 2.24) is 34.7 Å². The van der Waals surface area contributed by atoms with Crippen LogP contribution in [0.2, 0.25) is 5.02 Å². The maximum absolute atomic E-state index is 12.4. The van der Waals surface area contributed by atoms with Crippen molar-refractivity contribution < 1.29 is 14.3 Å². The number of anilines is 2. The molecule has 216 valence electrons. The van der Waals surface area contributed by atoms with E-state index in [0.29, 0.717) is 47.7 Å². The van der Waals surface area contributed by atoms with E-state index < -0.39 is 4.93 Å². The number of pyridine rings is 1. The minimum Gasteiger partial charge on any atom is -0.433 e. The lowest BCUT2D eigenvalue weighted by Crippen LogP contribution is -2.50. The number of nitrogens with zero attached hydrogens (tertiary/aromatic N) is 6. The van der Waals surface area contributed by atoms with Crippen LogP contribution < -0.4 is 5.32 Å². The van der Waals surface area contributed by atoms with Crippen LogP contribution in [0, 0.1) is 0 Å². The average Bonchev–Trinajstić information content (AvgIpc) is 3.36. The number of hydrogen-bond acceptors (Lipinski definition) is 10. The number of benzene rings is 1. The number of rotatable bonds is 8. The number of hydrogen-bond donors (Lipinski definition) is 3. The number of aromatic nitrogens is 5. The number of amides is 1. The van der Waals surface area contributed by atoms with Crippen LogP contribution in [0.3, 0.4) is 0 Å². The second kappa shape index (κ2) is 12.2. The number of piperazine rings is 1. The second-order valence-corrected chi connectivity index (χ2v) is 11.8. The maximum atomic E-state index is 12.4. The lowest BCUT2D eigenvalue weighted by atomic mass is 10.1. The van der Waals surface area contributed by atoms with Gasteiger partial charge in [0.25, 0.3) is 0 Å². The van der Waals surface area contributed by atoms with Gasteiger partial charge in [-0.1, -0.05) is 11.6 Å². The molecular formula is C28H33ClN8O3S. The molecule has 13 heteroatoms. The molecule has 3 aromatic heterocycles. The zero-order valence-corrected chi connectivity index (χ0v) is 25.0. The highest BCUT2D eigenvalue weighted by molar-refractivity contribution is 7.81. The van der Waals surface area contributed by atoms with Crippen LogP contribution >= 0.6 is 24.2 Å². The highest BCUT2D eigenvalue weighted by Gasteiger charge is 2.28. The van der Waals surface area contributed by atoms with Gasteiger partial charge in [-0.3, -0.25) is 4.90 Å². The standard InChI is InChI=1S/C28H33ClN8O3S/c1-17(36-9-11-37(12-10-36)27(38)40-28(2,3)41)18-7-8-30-23(13-18)34-26-33-21-6-5-20(24(29)25(21)35-26)22-14-19(15-39-4)31-16-32-22/h5-8,13-14,16-17,41H,9-12,15H2,1-4H3,(H2,30,33,34,35). The largest absolute Gasteiger partial charge is 0.433 e. The van der Waals surface area contributed by atoms with Crippen molar-refractivity contribution in [2.75, 3.05) is 38.6 Å². The van der Waals surface area contributed by atoms with Gasteiger partial charge in [-0.2, -0.15) is 0 Å². The molecule has 0 spiro atoms. The topological polar surface area (TPSA) is 121 Å². The van der Waals surface area contributed by atoms with Gasteiger partial charge in [-0.25, -0.2) is 24.7 Å². The molecule has 41 heavy (non-hydrogen) atoms. The zero-order chi connectivity index (χ0) is 29.1. The average molecular weight is 597 g/mol. The third-order valence-electron chi connectivity index (χ3n) is 6.86. The number of carbonyl (C=O) groups is 1. The Balaban J connectivity index is 1.27. The fourth-order valence-electron chi connectivity index (χ4n) is 4.75. The Kier molecular flexibility index (Phi) is 8.64. The molecule has 1 saturated heterocycles. The summed E-state index contributed by atoms with van der Waals surface area (Å²) in [5, 5.41) is 3.79. The lowest BCUT2D eigenvalue weighted by molar-refractivity contribution is 0.0401. The number of thiol groups is 1. The monoisotopic (exact) mass is 596 g/mol. The Morgan fingerprint density at radius 1 is 1.17 bits per heavy atom. The van der Waals surface area contributed by atoms with Gasteiger partial charge < -0.3 is 24.7 Å². The fraction of sp³-hybridized carbons (Fsp3) is 0.393. The Morgan fingerprint density at radius 3 is 2.68 bits per heavy atom. The number of carbonyl (C=O) groups excluding carboxylic acids is 1. The van der Waals surface area contributed by atoms with Crippen LogP contribution in [-0.4, -0.2) is 79.0 Å². The Labute approximate surface area is 249 Å². The van der Waals surface area contributed by atoms with E-state index in [1.807, 2.05) is 30.3 Å². The van der Waals surface area contributed by atoms with Crippen LogP contribution in [-0.2, 0) is 16.1 Å². The summed E-state index contributed by atoms with van der Waals surface area (Å²) in [7, 11) is 1.62. The van der Waals surface area contributed by atoms with Crippen molar-refractivity contribution in [3.8, 4) is 11.3 Å². The SMILES string of the molecule is COCc1cc(-c2ccc3nc(Nc4cc(C(C)N5CCN(C(=O)OC(C)(C)S)CC5)ccn4)[nH]c3c2Cl)ncn1. The molecule has 1 aliphatic heterocycles. The first kappa shape index (κ1) is 29.1. The molecule has 1 unspecified atom stereocenters. The molecule has 2 N–H and O–H groups in total. The second-order valence-electron chi connectivity index (χ2n) is 10.3. The van der Waals surface area contributed by atoms with Gasteiger partial charge in [-0.05, 0) is 56.7 Å². The third-order valence-corrected chi connectivity index (χ3v) is 7.34. The summed E-state index contributed by atoms with van der Waals surface area (Å²) in [5.74, 6) is 1.18. The van der Waals surface area contributed by atoms with Gasteiger partial charge >= 0.3 is 6.09 Å². The Morgan fingerprint density at radius 2 is 1.95 bits per heavy atom. The van der Waals surface area contributed by atoms with E-state index >= 15 is 0 Å². The number of aromatic amines is 1. The van der Waals surface area contributed by atoms with Crippen molar-refractivity contribution in [3.05, 3.63) is 59.1 Å². The Hall–Kier alpha value is -3.45. The predicted octanol–water partition coefficient (Wildman–Crippen LogP) is 5.44. The number of methoxy groups -OCH3 is 1. The van der Waals surface area contributed by atoms with Gasteiger partial charge in [0.1, 0.15) is 12.1 Å². The zero-order valence-electron chi connectivity index (χ0n) is 23.4. The van der Waals surface area contributed by atoms with Crippen LogP contribution in [0.4, 0.5) is 16.6 Å². The lowest BCUT2D eigenvalue weighted by Gasteiger charge is -2.38. The molecule has 4 heterocycles. The normalized spacial score (nSPS) is 15.2. The number of halogens is 1. The van der Waals surface area contributed by atoms with E-state index in [4.69, 9.17) is 21.1 Å². The fourth-order valence-corrected chi connectivity index (χ4v) is 5.13. The van der Waals surface area contributed by atoms with Crippen molar-refractivity contribution in [2.24, 2.45) is 0 Å². The van der Waals surface area contributed by atoms with Crippen LogP contribution in [0.5, 0.6) is 0 Å². The molecule has 1 fully saturated rings. The van der Waals surface area contributed by atoms with Crippen molar-refractivity contribution in [3.63, 3.8) is 0 Å². The molecule has 4 aromatic rings. The van der Waals surface area contributed by atoms with E-state index in [9.17, 15) is 4.79 Å². The van der Waals surface area contributed by atoms with E-state index in [2.05, 4.69) is 54.7 Å². The molecule has 0 bridgehead atoms. The molecule has 11 nitrogen and oxygen atoms in total. The molecule has 5 rings (SSSR count). The summed E-state index contributed by atoms with van der Waals surface area (Å²) in [6, 6.07) is 9.79. The number of imidazole rings is 1. The molecule has 0 radical (unpaired) electrons. The number of nitrogens with one attached hydrogen (secondary N) is 2. The molecule has 1 aromatic carbocycles. The van der Waals surface area contributed by atoms with Gasteiger partial charge in [0.2, 0.25) is 5.95 Å². The predicted molar refractivity (Wildman–Crippen MR) is 161 cm³/mol. The summed E-state index contributed by atoms with van der Waals surface area (Å²) in [6.45, 7) is 8.68. The summed E-state index contributed by atoms with van der Waals surface area (Å²) in [6.07, 6.45) is 2.94. The number of ether oxygens (including phenoxy) is 2. The molecular weight excluding hydrogens is 564 g/mol. The van der Waals surface area contributed by atoms with Crippen molar-refractivity contribution in [2.45, 2.75) is 38.4 Å². The van der Waals surface area contributed by atoms with Gasteiger partial charge in [0.15, 0.2) is 4.93 Å². The molecule has 1 amide bonds. The molecule has 0 saturated carbocycles. The quantitative estimate of drug-likeness (QED) is 0.180. The molecule has 1 atom stereocenters. The third kappa shape index (κ3) is 6.89. The number of fused-ring (bicyclic) bond motifs is 1. The van der Waals surface area contributed by atoms with Gasteiger partial charge in [0, 0.05) is 51.1 Å². The van der Waals surface area contributed by atoms with E-state index in [1.165, 1.54) is 6.33 Å². The first-order chi connectivity index (χ1) is 19.6. The first-order valence-corrected chi connectivity index (χ1v) is 14.1. The van der Waals surface area contributed by atoms with Crippen molar-refractivity contribution in [1.29, 1.82) is 0 Å². The highest BCUT2D eigenvalue weighted by atomic mass is 35.5.